The molecule has 4 nitrogen and oxygen atoms in total. The molecule has 0 fully saturated rings. The van der Waals surface area contributed by atoms with Gasteiger partial charge in [0.2, 0.25) is 0 Å². The Balaban J connectivity index is 2.48. The van der Waals surface area contributed by atoms with E-state index in [-0.39, 0.29) is 16.9 Å². The first-order valence-electron chi connectivity index (χ1n) is 9.24. The molecule has 4 heteroatoms. The lowest BCUT2D eigenvalue weighted by molar-refractivity contribution is -0.131. The van der Waals surface area contributed by atoms with Gasteiger partial charge in [0, 0.05) is 17.9 Å². The molecular formula is C24H20N2O2. The van der Waals surface area contributed by atoms with Crippen molar-refractivity contribution in [1.82, 2.24) is 0 Å². The molecule has 0 heterocycles. The van der Waals surface area contributed by atoms with Crippen molar-refractivity contribution in [2.24, 2.45) is 0 Å². The summed E-state index contributed by atoms with van der Waals surface area (Å²) in [5, 5.41) is 21.1. The maximum Gasteiger partial charge on any atom is 0.308 e. The highest BCUT2D eigenvalue weighted by molar-refractivity contribution is 6.05. The molecule has 3 aromatic rings. The second-order valence-corrected chi connectivity index (χ2v) is 6.56. The summed E-state index contributed by atoms with van der Waals surface area (Å²) in [7, 11) is 0. The van der Waals surface area contributed by atoms with E-state index < -0.39 is 5.97 Å². The number of benzene rings is 3. The number of rotatable bonds is 4. The van der Waals surface area contributed by atoms with Crippen LogP contribution in [-0.2, 0) is 17.6 Å². The first-order chi connectivity index (χ1) is 13.5. The quantitative estimate of drug-likeness (QED) is 0.462. The van der Waals surface area contributed by atoms with E-state index in [1.807, 2.05) is 49.4 Å². The van der Waals surface area contributed by atoms with Gasteiger partial charge in [-0.3, -0.25) is 4.79 Å². The molecule has 0 amide bonds. The number of nitrogens with zero attached hydrogens (tertiary/aromatic N) is 2. The Hall–Kier alpha value is -3.63. The molecule has 0 aliphatic rings. The lowest BCUT2D eigenvalue weighted by atomic mass is 9.88. The summed E-state index contributed by atoms with van der Waals surface area (Å²) in [6, 6.07) is 18.1. The van der Waals surface area contributed by atoms with Crippen LogP contribution in [0.1, 0.15) is 43.0 Å². The van der Waals surface area contributed by atoms with E-state index in [1.54, 1.807) is 0 Å². The Morgan fingerprint density at radius 2 is 1.50 bits per heavy atom. The fraction of sp³-hybridized carbons (Fsp3) is 0.208. The number of nitriles is 2. The summed E-state index contributed by atoms with van der Waals surface area (Å²) in [6.45, 7) is 5.41. The highest BCUT2D eigenvalue weighted by atomic mass is 16.5. The van der Waals surface area contributed by atoms with E-state index in [0.717, 1.165) is 29.4 Å². The zero-order chi connectivity index (χ0) is 20.3. The minimum atomic E-state index is -0.524. The predicted molar refractivity (Wildman–Crippen MR) is 109 cm³/mol. The van der Waals surface area contributed by atoms with E-state index in [2.05, 4.69) is 19.1 Å². The van der Waals surface area contributed by atoms with Gasteiger partial charge in [0.25, 0.3) is 0 Å². The molecule has 0 saturated heterocycles. The normalized spacial score (nSPS) is 10.3. The van der Waals surface area contributed by atoms with Crippen molar-refractivity contribution in [2.45, 2.75) is 33.6 Å². The zero-order valence-electron chi connectivity index (χ0n) is 16.2. The molecule has 0 aliphatic heterocycles. The first-order valence-corrected chi connectivity index (χ1v) is 9.24. The summed E-state index contributed by atoms with van der Waals surface area (Å²) in [4.78, 5) is 11.7. The molecule has 0 aromatic heterocycles. The molecule has 0 N–H and O–H groups in total. The second kappa shape index (κ2) is 7.94. The van der Waals surface area contributed by atoms with E-state index in [9.17, 15) is 15.3 Å². The highest BCUT2D eigenvalue weighted by Gasteiger charge is 2.23. The van der Waals surface area contributed by atoms with Gasteiger partial charge < -0.3 is 4.74 Å². The van der Waals surface area contributed by atoms with Crippen LogP contribution in [0.25, 0.3) is 21.9 Å². The summed E-state index contributed by atoms with van der Waals surface area (Å²) < 4.78 is 5.41. The van der Waals surface area contributed by atoms with Crippen molar-refractivity contribution in [2.75, 3.05) is 0 Å². The smallest absolute Gasteiger partial charge is 0.308 e. The van der Waals surface area contributed by atoms with Crippen molar-refractivity contribution in [3.05, 3.63) is 64.7 Å². The molecule has 138 valence electrons. The second-order valence-electron chi connectivity index (χ2n) is 6.56. The van der Waals surface area contributed by atoms with Gasteiger partial charge >= 0.3 is 5.97 Å². The molecule has 0 spiro atoms. The third kappa shape index (κ3) is 3.33. The van der Waals surface area contributed by atoms with Gasteiger partial charge in [0.15, 0.2) is 5.75 Å². The molecule has 0 atom stereocenters. The largest absolute Gasteiger partial charge is 0.425 e. The standard InChI is InChI=1S/C24H20N2O2/c1-4-16-6-9-18(10-7-16)23-19-11-8-17(5-2)12-20(19)24(28-15(3)27)22(14-26)21(23)13-25/h6-12H,4-5H2,1-3H3. The fourth-order valence-electron chi connectivity index (χ4n) is 3.40. The van der Waals surface area contributed by atoms with Gasteiger partial charge in [-0.25, -0.2) is 0 Å². The molecule has 0 unspecified atom stereocenters. The minimum absolute atomic E-state index is 0.0908. The number of ether oxygens (including phenoxy) is 1. The number of aryl methyl sites for hydroxylation is 2. The molecule has 28 heavy (non-hydrogen) atoms. The van der Waals surface area contributed by atoms with E-state index in [0.29, 0.717) is 10.9 Å². The maximum atomic E-state index is 11.7. The van der Waals surface area contributed by atoms with Crippen LogP contribution in [-0.4, -0.2) is 5.97 Å². The molecule has 0 aliphatic carbocycles. The first kappa shape index (κ1) is 19.1. The van der Waals surface area contributed by atoms with Crippen LogP contribution < -0.4 is 4.74 Å². The Bertz CT molecular complexity index is 1150. The lowest BCUT2D eigenvalue weighted by Gasteiger charge is -2.16. The van der Waals surface area contributed by atoms with Crippen molar-refractivity contribution >= 4 is 16.7 Å². The Kier molecular flexibility index (Phi) is 5.43. The monoisotopic (exact) mass is 368 g/mol. The highest BCUT2D eigenvalue weighted by Crippen LogP contribution is 2.41. The van der Waals surface area contributed by atoms with Crippen LogP contribution in [0.15, 0.2) is 42.5 Å². The van der Waals surface area contributed by atoms with Crippen molar-refractivity contribution < 1.29 is 9.53 Å². The molecule has 0 radical (unpaired) electrons. The van der Waals surface area contributed by atoms with Crippen LogP contribution >= 0.6 is 0 Å². The van der Waals surface area contributed by atoms with Crippen LogP contribution in [0.2, 0.25) is 0 Å². The third-order valence-corrected chi connectivity index (χ3v) is 4.85. The topological polar surface area (TPSA) is 73.9 Å². The Morgan fingerprint density at radius 3 is 2.04 bits per heavy atom. The summed E-state index contributed by atoms with van der Waals surface area (Å²) in [5.41, 5.74) is 4.11. The number of carbonyl (C=O) groups is 1. The van der Waals surface area contributed by atoms with Gasteiger partial charge in [-0.05, 0) is 41.0 Å². The van der Waals surface area contributed by atoms with Gasteiger partial charge in [-0.1, -0.05) is 50.2 Å². The number of hydrogen-bond donors (Lipinski definition) is 0. The summed E-state index contributed by atoms with van der Waals surface area (Å²) >= 11 is 0. The number of hydrogen-bond acceptors (Lipinski definition) is 4. The molecule has 3 rings (SSSR count). The van der Waals surface area contributed by atoms with Gasteiger partial charge in [-0.15, -0.1) is 0 Å². The number of esters is 1. The molecule has 0 saturated carbocycles. The third-order valence-electron chi connectivity index (χ3n) is 4.85. The van der Waals surface area contributed by atoms with E-state index in [1.165, 1.54) is 12.5 Å². The average Bonchev–Trinajstić information content (AvgIpc) is 2.72. The fourth-order valence-corrected chi connectivity index (χ4v) is 3.40. The summed E-state index contributed by atoms with van der Waals surface area (Å²) in [6.07, 6.45) is 1.72. The van der Waals surface area contributed by atoms with Crippen LogP contribution in [0.4, 0.5) is 0 Å². The SMILES string of the molecule is CCc1ccc(-c2c(C#N)c(C#N)c(OC(C)=O)c3cc(CC)ccc23)cc1. The van der Waals surface area contributed by atoms with Crippen molar-refractivity contribution in [3.63, 3.8) is 0 Å². The average molecular weight is 368 g/mol. The molecule has 0 bridgehead atoms. The predicted octanol–water partition coefficient (Wildman–Crippen LogP) is 5.30. The van der Waals surface area contributed by atoms with Crippen LogP contribution in [0.5, 0.6) is 5.75 Å². The van der Waals surface area contributed by atoms with Crippen molar-refractivity contribution in [3.8, 4) is 29.0 Å². The molecular weight excluding hydrogens is 348 g/mol. The van der Waals surface area contributed by atoms with Gasteiger partial charge in [0.05, 0.1) is 5.56 Å². The zero-order valence-corrected chi connectivity index (χ0v) is 16.2. The van der Waals surface area contributed by atoms with Crippen LogP contribution in [0, 0.1) is 22.7 Å². The van der Waals surface area contributed by atoms with Gasteiger partial charge in [-0.2, -0.15) is 10.5 Å². The van der Waals surface area contributed by atoms with E-state index in [4.69, 9.17) is 4.74 Å². The van der Waals surface area contributed by atoms with Crippen molar-refractivity contribution in [1.29, 1.82) is 10.5 Å². The lowest BCUT2D eigenvalue weighted by Crippen LogP contribution is -2.06. The summed E-state index contributed by atoms with van der Waals surface area (Å²) in [5.74, 6) is -0.366. The van der Waals surface area contributed by atoms with Crippen LogP contribution in [0.3, 0.4) is 0 Å². The number of carbonyl (C=O) groups excluding carboxylic acids is 1. The number of fused-ring (bicyclic) bond motifs is 1. The maximum absolute atomic E-state index is 11.7. The molecule has 3 aromatic carbocycles. The van der Waals surface area contributed by atoms with Gasteiger partial charge in [0.1, 0.15) is 17.7 Å². The van der Waals surface area contributed by atoms with E-state index >= 15 is 0 Å². The Labute approximate surface area is 164 Å². The Morgan fingerprint density at radius 1 is 0.893 bits per heavy atom. The minimum Gasteiger partial charge on any atom is -0.425 e.